The van der Waals surface area contributed by atoms with Crippen LogP contribution < -0.4 is 5.32 Å². The van der Waals surface area contributed by atoms with Gasteiger partial charge in [-0.2, -0.15) is 0 Å². The van der Waals surface area contributed by atoms with E-state index in [0.29, 0.717) is 0 Å². The minimum Gasteiger partial charge on any atom is -0.315 e. The molecule has 1 N–H and O–H groups in total. The smallest absolute Gasteiger partial charge is 0.0220 e. The average Bonchev–Trinajstić information content (AvgIpc) is 2.17. The summed E-state index contributed by atoms with van der Waals surface area (Å²) in [7, 11) is 0. The van der Waals surface area contributed by atoms with Gasteiger partial charge in [0, 0.05) is 12.6 Å². The van der Waals surface area contributed by atoms with Gasteiger partial charge in [0.2, 0.25) is 0 Å². The quantitative estimate of drug-likeness (QED) is 0.701. The molecule has 1 heterocycles. The number of likely N-dealkylation sites (tertiary alicyclic amines) is 1. The third-order valence-corrected chi connectivity index (χ3v) is 2.89. The Balaban J connectivity index is 2.28. The van der Waals surface area contributed by atoms with E-state index in [0.717, 1.165) is 12.6 Å². The molecule has 1 saturated heterocycles. The lowest BCUT2D eigenvalue weighted by atomic mass is 10.0. The normalized spacial score (nSPS) is 24.9. The van der Waals surface area contributed by atoms with Crippen LogP contribution in [-0.4, -0.2) is 37.1 Å². The van der Waals surface area contributed by atoms with E-state index in [4.69, 9.17) is 0 Å². The van der Waals surface area contributed by atoms with Crippen molar-refractivity contribution in [1.82, 2.24) is 10.2 Å². The van der Waals surface area contributed by atoms with Gasteiger partial charge in [-0.15, -0.1) is 0 Å². The summed E-state index contributed by atoms with van der Waals surface area (Å²) in [5.41, 5.74) is 0. The van der Waals surface area contributed by atoms with Crippen LogP contribution >= 0.6 is 0 Å². The topological polar surface area (TPSA) is 15.3 Å². The number of hydrogen-bond acceptors (Lipinski definition) is 2. The summed E-state index contributed by atoms with van der Waals surface area (Å²) in [4.78, 5) is 2.66. The number of piperidine rings is 1. The molecule has 1 atom stereocenters. The van der Waals surface area contributed by atoms with Gasteiger partial charge in [-0.3, -0.25) is 4.90 Å². The Labute approximate surface area is 82.7 Å². The highest BCUT2D eigenvalue weighted by molar-refractivity contribution is 4.78. The van der Waals surface area contributed by atoms with Crippen molar-refractivity contribution in [2.24, 2.45) is 0 Å². The lowest BCUT2D eigenvalue weighted by molar-refractivity contribution is 0.146. The Morgan fingerprint density at radius 3 is 2.85 bits per heavy atom. The highest BCUT2D eigenvalue weighted by Gasteiger charge is 2.20. The number of hydrogen-bond donors (Lipinski definition) is 1. The molecule has 0 aromatic heterocycles. The maximum absolute atomic E-state index is 3.46. The van der Waals surface area contributed by atoms with Crippen LogP contribution in [0.5, 0.6) is 0 Å². The van der Waals surface area contributed by atoms with Crippen molar-refractivity contribution in [3.05, 3.63) is 0 Å². The summed E-state index contributed by atoms with van der Waals surface area (Å²) in [6.07, 6.45) is 5.52. The molecular formula is C11H24N2. The van der Waals surface area contributed by atoms with Crippen LogP contribution in [0.1, 0.15) is 39.5 Å². The molecule has 0 aliphatic carbocycles. The van der Waals surface area contributed by atoms with Crippen molar-refractivity contribution in [2.75, 3.05) is 26.2 Å². The van der Waals surface area contributed by atoms with Crippen molar-refractivity contribution in [1.29, 1.82) is 0 Å². The highest BCUT2D eigenvalue weighted by atomic mass is 15.2. The van der Waals surface area contributed by atoms with E-state index >= 15 is 0 Å². The predicted molar refractivity (Wildman–Crippen MR) is 58.0 cm³/mol. The van der Waals surface area contributed by atoms with Crippen LogP contribution in [-0.2, 0) is 0 Å². The van der Waals surface area contributed by atoms with E-state index in [1.807, 2.05) is 0 Å². The molecule has 0 spiro atoms. The number of likely N-dealkylation sites (N-methyl/N-ethyl adjacent to an activating group) is 1. The summed E-state index contributed by atoms with van der Waals surface area (Å²) in [6.45, 7) is 9.37. The molecule has 0 aromatic rings. The summed E-state index contributed by atoms with van der Waals surface area (Å²) in [6, 6.07) is 0.814. The monoisotopic (exact) mass is 184 g/mol. The minimum absolute atomic E-state index is 0.814. The first-order valence-corrected chi connectivity index (χ1v) is 5.83. The zero-order valence-electron chi connectivity index (χ0n) is 9.18. The first kappa shape index (κ1) is 11.0. The zero-order chi connectivity index (χ0) is 9.52. The molecule has 78 valence electrons. The van der Waals surface area contributed by atoms with Gasteiger partial charge < -0.3 is 5.32 Å². The first-order chi connectivity index (χ1) is 6.38. The van der Waals surface area contributed by atoms with Gasteiger partial charge in [0.15, 0.2) is 0 Å². The molecule has 2 nitrogen and oxygen atoms in total. The Kier molecular flexibility index (Phi) is 5.40. The summed E-state index contributed by atoms with van der Waals surface area (Å²) in [5, 5.41) is 3.46. The molecule has 1 aliphatic rings. The molecule has 0 aromatic carbocycles. The molecular weight excluding hydrogens is 160 g/mol. The Bertz CT molecular complexity index is 123. The van der Waals surface area contributed by atoms with E-state index < -0.39 is 0 Å². The van der Waals surface area contributed by atoms with Crippen molar-refractivity contribution < 1.29 is 0 Å². The Morgan fingerprint density at radius 1 is 1.31 bits per heavy atom. The zero-order valence-corrected chi connectivity index (χ0v) is 9.18. The van der Waals surface area contributed by atoms with Gasteiger partial charge in [0.1, 0.15) is 0 Å². The van der Waals surface area contributed by atoms with Crippen molar-refractivity contribution in [3.63, 3.8) is 0 Å². The van der Waals surface area contributed by atoms with Crippen LogP contribution in [0.25, 0.3) is 0 Å². The molecule has 1 rings (SSSR count). The molecule has 13 heavy (non-hydrogen) atoms. The van der Waals surface area contributed by atoms with Crippen molar-refractivity contribution in [2.45, 2.75) is 45.6 Å². The summed E-state index contributed by atoms with van der Waals surface area (Å²) >= 11 is 0. The van der Waals surface area contributed by atoms with Gasteiger partial charge in [0.05, 0.1) is 0 Å². The lowest BCUT2D eigenvalue weighted by Crippen LogP contribution is -2.45. The van der Waals surface area contributed by atoms with Gasteiger partial charge in [-0.1, -0.05) is 20.3 Å². The van der Waals surface area contributed by atoms with Gasteiger partial charge >= 0.3 is 0 Å². The van der Waals surface area contributed by atoms with Crippen molar-refractivity contribution >= 4 is 0 Å². The highest BCUT2D eigenvalue weighted by Crippen LogP contribution is 2.16. The maximum Gasteiger partial charge on any atom is 0.0220 e. The molecule has 1 unspecified atom stereocenters. The molecule has 0 saturated carbocycles. The number of nitrogens with zero attached hydrogens (tertiary/aromatic N) is 1. The van der Waals surface area contributed by atoms with Crippen LogP contribution in [0, 0.1) is 0 Å². The molecule has 0 radical (unpaired) electrons. The fourth-order valence-electron chi connectivity index (χ4n) is 2.18. The van der Waals surface area contributed by atoms with Crippen LogP contribution in [0.3, 0.4) is 0 Å². The fraction of sp³-hybridized carbons (Fsp3) is 1.00. The average molecular weight is 184 g/mol. The molecule has 0 bridgehead atoms. The number of nitrogens with one attached hydrogen (secondary N) is 1. The SMILES string of the molecule is CCCN1CCCCC1CNCC. The van der Waals surface area contributed by atoms with E-state index in [1.165, 1.54) is 45.3 Å². The third kappa shape index (κ3) is 3.65. The maximum atomic E-state index is 3.46. The second-order valence-corrected chi connectivity index (χ2v) is 3.99. The lowest BCUT2D eigenvalue weighted by Gasteiger charge is -2.35. The second-order valence-electron chi connectivity index (χ2n) is 3.99. The molecule has 2 heteroatoms. The van der Waals surface area contributed by atoms with E-state index in [-0.39, 0.29) is 0 Å². The standard InChI is InChI=1S/C11H24N2/c1-3-8-13-9-6-5-7-11(13)10-12-4-2/h11-12H,3-10H2,1-2H3. The van der Waals surface area contributed by atoms with E-state index in [9.17, 15) is 0 Å². The van der Waals surface area contributed by atoms with Gasteiger partial charge in [-0.05, 0) is 38.9 Å². The molecule has 1 aliphatic heterocycles. The van der Waals surface area contributed by atoms with Crippen LogP contribution in [0.2, 0.25) is 0 Å². The van der Waals surface area contributed by atoms with Gasteiger partial charge in [-0.25, -0.2) is 0 Å². The Hall–Kier alpha value is -0.0800. The molecule has 1 fully saturated rings. The largest absolute Gasteiger partial charge is 0.315 e. The minimum atomic E-state index is 0.814. The van der Waals surface area contributed by atoms with E-state index in [2.05, 4.69) is 24.1 Å². The summed E-state index contributed by atoms with van der Waals surface area (Å²) < 4.78 is 0. The predicted octanol–water partition coefficient (Wildman–Crippen LogP) is 1.86. The van der Waals surface area contributed by atoms with Crippen molar-refractivity contribution in [3.8, 4) is 0 Å². The molecule has 0 amide bonds. The van der Waals surface area contributed by atoms with E-state index in [1.54, 1.807) is 0 Å². The fourth-order valence-corrected chi connectivity index (χ4v) is 2.18. The third-order valence-electron chi connectivity index (χ3n) is 2.89. The first-order valence-electron chi connectivity index (χ1n) is 5.83. The number of rotatable bonds is 5. The van der Waals surface area contributed by atoms with Gasteiger partial charge in [0.25, 0.3) is 0 Å². The van der Waals surface area contributed by atoms with Crippen LogP contribution in [0.4, 0.5) is 0 Å². The Morgan fingerprint density at radius 2 is 2.15 bits per heavy atom. The van der Waals surface area contributed by atoms with Crippen LogP contribution in [0.15, 0.2) is 0 Å². The second kappa shape index (κ2) is 6.39. The summed E-state index contributed by atoms with van der Waals surface area (Å²) in [5.74, 6) is 0.